The molecule has 17 atom stereocenters. The highest BCUT2D eigenvalue weighted by Crippen LogP contribution is 2.33. The highest BCUT2D eigenvalue weighted by Gasteiger charge is 2.53. The summed E-state index contributed by atoms with van der Waals surface area (Å²) in [6.45, 7) is 1.64. The molecule has 1 amide bonds. The molecule has 3 fully saturated rings. The lowest BCUT2D eigenvalue weighted by molar-refractivity contribution is -0.379. The number of hydrogen-bond donors (Lipinski definition) is 12. The van der Waals surface area contributed by atoms with Gasteiger partial charge in [-0.1, -0.05) is 272 Å². The molecule has 0 saturated carbocycles. The van der Waals surface area contributed by atoms with Gasteiger partial charge in [-0.2, -0.15) is 0 Å². The van der Waals surface area contributed by atoms with Crippen LogP contribution in [0.3, 0.4) is 0 Å². The number of nitrogens with one attached hydrogen (secondary N) is 1. The number of allylic oxidation sites excluding steroid dienone is 13. The number of unbranched alkanes of at least 4 members (excludes halogenated alkanes) is 30. The lowest BCUT2D eigenvalue weighted by Gasteiger charge is -2.48. The van der Waals surface area contributed by atoms with Gasteiger partial charge >= 0.3 is 0 Å². The van der Waals surface area contributed by atoms with Crippen LogP contribution in [0.4, 0.5) is 0 Å². The third-order valence-electron chi connectivity index (χ3n) is 18.4. The molecule has 0 spiro atoms. The molecular formula is C77H135NO18. The minimum absolute atomic E-state index is 0.237. The number of hydrogen-bond acceptors (Lipinski definition) is 18. The zero-order valence-corrected chi connectivity index (χ0v) is 59.1. The summed E-state index contributed by atoms with van der Waals surface area (Å²) in [5.41, 5.74) is 0. The molecule has 17 unspecified atom stereocenters. The molecule has 0 aromatic carbocycles. The van der Waals surface area contributed by atoms with Crippen molar-refractivity contribution in [1.82, 2.24) is 5.32 Å². The number of aliphatic hydroxyl groups excluding tert-OH is 11. The Morgan fingerprint density at radius 2 is 0.719 bits per heavy atom. The van der Waals surface area contributed by atoms with Crippen LogP contribution in [0.25, 0.3) is 0 Å². The van der Waals surface area contributed by atoms with Crippen LogP contribution in [-0.2, 0) is 33.2 Å². The van der Waals surface area contributed by atoms with E-state index < -0.39 is 124 Å². The summed E-state index contributed by atoms with van der Waals surface area (Å²) in [5, 5.41) is 121. The van der Waals surface area contributed by atoms with Crippen molar-refractivity contribution in [2.24, 2.45) is 0 Å². The SMILES string of the molecule is CC/C=C\C/C=C\C/C=C\C/C=C\C/C=C\C/C=C\CCCCCCCCCCCCCCC(=O)NC(COC1OC(CO)C(OC2OC(CO)C(OC3OC(CO)C(O)C(O)C3O)C(O)C2O)C(O)C1O)C(O)/C=C/CCCCCCCCCCCCCCCCCCCC. The zero-order chi connectivity index (χ0) is 69.6. The van der Waals surface area contributed by atoms with E-state index in [1.807, 2.05) is 6.08 Å². The molecule has 0 bridgehead atoms. The fraction of sp³-hybridized carbons (Fsp3) is 0.805. The minimum Gasteiger partial charge on any atom is -0.394 e. The molecule has 0 radical (unpaired) electrons. The summed E-state index contributed by atoms with van der Waals surface area (Å²) in [4.78, 5) is 13.5. The lowest BCUT2D eigenvalue weighted by Crippen LogP contribution is -2.66. The molecule has 96 heavy (non-hydrogen) atoms. The van der Waals surface area contributed by atoms with Crippen LogP contribution in [0.15, 0.2) is 85.1 Å². The van der Waals surface area contributed by atoms with Gasteiger partial charge in [0.15, 0.2) is 18.9 Å². The third kappa shape index (κ3) is 38.1. The molecule has 12 N–H and O–H groups in total. The average Bonchev–Trinajstić information content (AvgIpc) is 0.786. The summed E-state index contributed by atoms with van der Waals surface area (Å²) in [7, 11) is 0. The van der Waals surface area contributed by atoms with Crippen molar-refractivity contribution in [2.45, 2.75) is 369 Å². The average molecular weight is 1360 g/mol. The molecule has 3 rings (SSSR count). The first-order valence-corrected chi connectivity index (χ1v) is 37.8. The van der Waals surface area contributed by atoms with Gasteiger partial charge in [-0.05, 0) is 70.6 Å². The van der Waals surface area contributed by atoms with Gasteiger partial charge in [0.2, 0.25) is 5.91 Å². The second kappa shape index (κ2) is 57.6. The van der Waals surface area contributed by atoms with Gasteiger partial charge in [-0.25, -0.2) is 0 Å². The summed E-state index contributed by atoms with van der Waals surface area (Å²) < 4.78 is 34.4. The van der Waals surface area contributed by atoms with E-state index >= 15 is 0 Å². The Morgan fingerprint density at radius 3 is 1.12 bits per heavy atom. The molecule has 19 heteroatoms. The second-order valence-electron chi connectivity index (χ2n) is 26.7. The molecule has 0 aromatic rings. The van der Waals surface area contributed by atoms with Crippen LogP contribution in [-0.4, -0.2) is 193 Å². The van der Waals surface area contributed by atoms with Crippen LogP contribution in [0, 0.1) is 0 Å². The first-order chi connectivity index (χ1) is 46.8. The van der Waals surface area contributed by atoms with E-state index in [-0.39, 0.29) is 18.9 Å². The van der Waals surface area contributed by atoms with E-state index in [4.69, 9.17) is 28.4 Å². The predicted octanol–water partition coefficient (Wildman–Crippen LogP) is 11.4. The van der Waals surface area contributed by atoms with E-state index in [0.717, 1.165) is 96.3 Å². The highest BCUT2D eigenvalue weighted by atomic mass is 16.8. The largest absolute Gasteiger partial charge is 0.394 e. The summed E-state index contributed by atoms with van der Waals surface area (Å²) in [5.74, 6) is -0.279. The standard InChI is InChI=1S/C77H135NO18/c1-3-5-7-9-11-13-15-17-19-21-23-25-26-27-28-29-30-31-32-33-34-35-37-39-41-43-45-47-49-51-53-55-65(83)78-60(61(82)54-52-50-48-46-44-42-40-38-36-24-22-20-18-16-14-12-10-8-6-4-2)59-91-75-71(89)68(86)73(63(57-80)93-75)96-77-72(90)69(87)74(64(58-81)94-77)95-76-70(88)67(85)66(84)62(56-79)92-76/h5,7,11,13,17,19,23,25,27-28,30-31,52,54,60-64,66-77,79-82,84-90H,3-4,6,8-10,12,14-16,18,20-22,24,26,29,32-51,53,55-59H2,1-2H3,(H,78,83)/b7-5-,13-11-,19-17-,25-23-,28-27-,31-30-,54-52+. The Kier molecular flexibility index (Phi) is 52.3. The number of carbonyl (C=O) groups is 1. The molecule has 3 aliphatic heterocycles. The molecule has 0 aromatic heterocycles. The van der Waals surface area contributed by atoms with Crippen molar-refractivity contribution in [3.63, 3.8) is 0 Å². The Morgan fingerprint density at radius 1 is 0.385 bits per heavy atom. The monoisotopic (exact) mass is 1360 g/mol. The van der Waals surface area contributed by atoms with E-state index in [1.54, 1.807) is 6.08 Å². The van der Waals surface area contributed by atoms with Crippen LogP contribution >= 0.6 is 0 Å². The summed E-state index contributed by atoms with van der Waals surface area (Å²) in [6.07, 6.45) is 48.3. The predicted molar refractivity (Wildman–Crippen MR) is 378 cm³/mol. The molecule has 0 aliphatic carbocycles. The second-order valence-corrected chi connectivity index (χ2v) is 26.7. The fourth-order valence-corrected chi connectivity index (χ4v) is 12.4. The van der Waals surface area contributed by atoms with E-state index in [1.165, 1.54) is 141 Å². The van der Waals surface area contributed by atoms with E-state index in [9.17, 15) is 61.0 Å². The van der Waals surface area contributed by atoms with E-state index in [0.29, 0.717) is 6.42 Å². The van der Waals surface area contributed by atoms with Crippen molar-refractivity contribution in [3.05, 3.63) is 85.1 Å². The van der Waals surface area contributed by atoms with Gasteiger partial charge < -0.3 is 89.9 Å². The third-order valence-corrected chi connectivity index (χ3v) is 18.4. The molecule has 3 heterocycles. The topological polar surface area (TPSA) is 307 Å². The van der Waals surface area contributed by atoms with Crippen molar-refractivity contribution >= 4 is 5.91 Å². The van der Waals surface area contributed by atoms with Crippen molar-refractivity contribution < 1.29 is 89.4 Å². The van der Waals surface area contributed by atoms with Crippen LogP contribution in [0.1, 0.15) is 264 Å². The Labute approximate surface area is 578 Å². The Bertz CT molecular complexity index is 2070. The Hall–Kier alpha value is -3.03. The summed E-state index contributed by atoms with van der Waals surface area (Å²) >= 11 is 0. The maximum Gasteiger partial charge on any atom is 0.220 e. The lowest BCUT2D eigenvalue weighted by atomic mass is 9.96. The first-order valence-electron chi connectivity index (χ1n) is 37.8. The molecule has 3 saturated heterocycles. The quantitative estimate of drug-likeness (QED) is 0.0199. The van der Waals surface area contributed by atoms with Crippen molar-refractivity contribution in [2.75, 3.05) is 26.4 Å². The number of carbonyl (C=O) groups excluding carboxylic acids is 1. The van der Waals surface area contributed by atoms with Crippen LogP contribution in [0.2, 0.25) is 0 Å². The molecular weight excluding hydrogens is 1230 g/mol. The van der Waals surface area contributed by atoms with Gasteiger partial charge in [-0.3, -0.25) is 4.79 Å². The fourth-order valence-electron chi connectivity index (χ4n) is 12.4. The van der Waals surface area contributed by atoms with Gasteiger partial charge in [0.05, 0.1) is 38.6 Å². The zero-order valence-electron chi connectivity index (χ0n) is 59.1. The van der Waals surface area contributed by atoms with Gasteiger partial charge in [0.1, 0.15) is 73.2 Å². The smallest absolute Gasteiger partial charge is 0.220 e. The van der Waals surface area contributed by atoms with Crippen molar-refractivity contribution in [3.8, 4) is 0 Å². The highest BCUT2D eigenvalue weighted by molar-refractivity contribution is 5.76. The number of aliphatic hydroxyl groups is 11. The van der Waals surface area contributed by atoms with Crippen LogP contribution in [0.5, 0.6) is 0 Å². The number of rotatable bonds is 58. The number of ether oxygens (including phenoxy) is 6. The number of amides is 1. The van der Waals surface area contributed by atoms with Crippen LogP contribution < -0.4 is 5.32 Å². The molecule has 556 valence electrons. The van der Waals surface area contributed by atoms with Gasteiger partial charge in [0.25, 0.3) is 0 Å². The first kappa shape index (κ1) is 87.2. The molecule has 3 aliphatic rings. The minimum atomic E-state index is -1.98. The molecule has 19 nitrogen and oxygen atoms in total. The maximum absolute atomic E-state index is 13.5. The summed E-state index contributed by atoms with van der Waals surface area (Å²) in [6, 6.07) is -0.980. The van der Waals surface area contributed by atoms with Gasteiger partial charge in [-0.15, -0.1) is 0 Å². The van der Waals surface area contributed by atoms with Gasteiger partial charge in [0, 0.05) is 6.42 Å². The normalized spacial score (nSPS) is 27.5. The van der Waals surface area contributed by atoms with Crippen molar-refractivity contribution in [1.29, 1.82) is 0 Å². The maximum atomic E-state index is 13.5. The Balaban J connectivity index is 1.39. The van der Waals surface area contributed by atoms with E-state index in [2.05, 4.69) is 92.1 Å².